The van der Waals surface area contributed by atoms with Crippen molar-refractivity contribution in [3.8, 4) is 23.0 Å². The lowest BCUT2D eigenvalue weighted by Crippen LogP contribution is -2.29. The zero-order valence-corrected chi connectivity index (χ0v) is 21.5. The third-order valence-corrected chi connectivity index (χ3v) is 6.42. The number of benzene rings is 3. The van der Waals surface area contributed by atoms with E-state index in [2.05, 4.69) is 0 Å². The van der Waals surface area contributed by atoms with Gasteiger partial charge < -0.3 is 29.0 Å². The van der Waals surface area contributed by atoms with Gasteiger partial charge in [-0.25, -0.2) is 0 Å². The maximum atomic E-state index is 13.4. The summed E-state index contributed by atoms with van der Waals surface area (Å²) in [6.45, 7) is 0.0745. The predicted molar refractivity (Wildman–Crippen MR) is 138 cm³/mol. The Hall–Kier alpha value is -4.17. The molecule has 192 valence electrons. The van der Waals surface area contributed by atoms with E-state index in [9.17, 15) is 14.7 Å². The summed E-state index contributed by atoms with van der Waals surface area (Å²) >= 11 is 6.18. The number of aliphatic hydroxyl groups excluding tert-OH is 1. The van der Waals surface area contributed by atoms with E-state index in [-0.39, 0.29) is 23.4 Å². The number of halogens is 1. The van der Waals surface area contributed by atoms with Gasteiger partial charge in [-0.05, 0) is 53.6 Å². The van der Waals surface area contributed by atoms with Crippen LogP contribution in [0.15, 0.2) is 66.2 Å². The Morgan fingerprint density at radius 2 is 1.49 bits per heavy atom. The molecular weight excluding hydrogens is 498 g/mol. The monoisotopic (exact) mass is 523 g/mol. The Morgan fingerprint density at radius 3 is 2.11 bits per heavy atom. The van der Waals surface area contributed by atoms with Crippen molar-refractivity contribution < 1.29 is 33.6 Å². The number of carbonyl (C=O) groups is 2. The zero-order chi connectivity index (χ0) is 26.7. The molecule has 3 aromatic rings. The number of ether oxygens (including phenoxy) is 4. The minimum Gasteiger partial charge on any atom is -0.507 e. The summed E-state index contributed by atoms with van der Waals surface area (Å²) in [5.41, 5.74) is 1.45. The fourth-order valence-corrected chi connectivity index (χ4v) is 4.53. The largest absolute Gasteiger partial charge is 0.507 e. The van der Waals surface area contributed by atoms with E-state index < -0.39 is 17.7 Å². The molecule has 0 aromatic heterocycles. The van der Waals surface area contributed by atoms with Gasteiger partial charge in [-0.3, -0.25) is 9.59 Å². The van der Waals surface area contributed by atoms with Crippen LogP contribution in [0.5, 0.6) is 23.0 Å². The normalized spacial score (nSPS) is 16.6. The summed E-state index contributed by atoms with van der Waals surface area (Å²) in [7, 11) is 6.04. The number of hydrogen-bond donors (Lipinski definition) is 1. The summed E-state index contributed by atoms with van der Waals surface area (Å²) in [5, 5.41) is 11.7. The number of nitrogens with zero attached hydrogens (tertiary/aromatic N) is 1. The molecule has 3 aromatic carbocycles. The number of aliphatic hydroxyl groups is 1. The molecule has 0 radical (unpaired) electrons. The summed E-state index contributed by atoms with van der Waals surface area (Å²) in [5.74, 6) is -0.0137. The lowest BCUT2D eigenvalue weighted by molar-refractivity contribution is -0.140. The number of carbonyl (C=O) groups excluding carboxylic acids is 2. The van der Waals surface area contributed by atoms with E-state index in [1.165, 1.54) is 32.3 Å². The fraction of sp³-hybridized carbons (Fsp3) is 0.214. The van der Waals surface area contributed by atoms with Gasteiger partial charge in [-0.15, -0.1) is 0 Å². The summed E-state index contributed by atoms with van der Waals surface area (Å²) < 4.78 is 21.3. The third kappa shape index (κ3) is 4.93. The van der Waals surface area contributed by atoms with Crippen LogP contribution in [-0.2, 0) is 16.1 Å². The lowest BCUT2D eigenvalue weighted by Gasteiger charge is -2.26. The highest BCUT2D eigenvalue weighted by molar-refractivity contribution is 6.46. The van der Waals surface area contributed by atoms with Crippen molar-refractivity contribution in [3.05, 3.63) is 87.9 Å². The van der Waals surface area contributed by atoms with Crippen molar-refractivity contribution in [2.24, 2.45) is 0 Å². The van der Waals surface area contributed by atoms with Gasteiger partial charge in [-0.2, -0.15) is 0 Å². The van der Waals surface area contributed by atoms with Gasteiger partial charge in [0.2, 0.25) is 0 Å². The number of amides is 1. The van der Waals surface area contributed by atoms with E-state index in [4.69, 9.17) is 30.5 Å². The standard InChI is InChI=1S/C28H26ClNO7/c1-34-19-9-6-17(7-10-19)25-24(26(31)20-14-18(29)8-12-21(20)35-2)27(32)28(33)30(25)15-16-5-11-22(36-3)23(13-16)37-4/h5-14,25,31H,15H2,1-4H3/b26-24+. The first-order valence-corrected chi connectivity index (χ1v) is 11.7. The second kappa shape index (κ2) is 10.8. The Labute approximate surface area is 219 Å². The van der Waals surface area contributed by atoms with Crippen LogP contribution < -0.4 is 18.9 Å². The van der Waals surface area contributed by atoms with Crippen LogP contribution in [0.2, 0.25) is 5.02 Å². The van der Waals surface area contributed by atoms with E-state index >= 15 is 0 Å². The van der Waals surface area contributed by atoms with Crippen LogP contribution in [0.4, 0.5) is 0 Å². The number of Topliss-reactive ketones (excluding diaryl/α,β-unsaturated/α-hetero) is 1. The second-order valence-electron chi connectivity index (χ2n) is 8.23. The molecule has 1 heterocycles. The molecule has 1 unspecified atom stereocenters. The Morgan fingerprint density at radius 1 is 0.838 bits per heavy atom. The molecular formula is C28H26ClNO7. The van der Waals surface area contributed by atoms with Crippen LogP contribution in [-0.4, -0.2) is 50.1 Å². The number of hydrogen-bond acceptors (Lipinski definition) is 7. The minimum absolute atomic E-state index is 0.0730. The maximum Gasteiger partial charge on any atom is 0.295 e. The molecule has 1 aliphatic heterocycles. The van der Waals surface area contributed by atoms with Crippen molar-refractivity contribution in [1.29, 1.82) is 0 Å². The summed E-state index contributed by atoms with van der Waals surface area (Å²) in [6, 6.07) is 16.0. The quantitative estimate of drug-likeness (QED) is 0.252. The van der Waals surface area contributed by atoms with Gasteiger partial charge in [0.25, 0.3) is 11.7 Å². The topological polar surface area (TPSA) is 94.5 Å². The number of rotatable bonds is 8. The predicted octanol–water partition coefficient (Wildman–Crippen LogP) is 5.00. The van der Waals surface area contributed by atoms with Crippen LogP contribution >= 0.6 is 11.6 Å². The number of methoxy groups -OCH3 is 4. The molecule has 1 N–H and O–H groups in total. The molecule has 0 aliphatic carbocycles. The van der Waals surface area contributed by atoms with Gasteiger partial charge >= 0.3 is 0 Å². The first-order chi connectivity index (χ1) is 17.8. The van der Waals surface area contributed by atoms with Crippen molar-refractivity contribution >= 4 is 29.1 Å². The van der Waals surface area contributed by atoms with Gasteiger partial charge in [0.1, 0.15) is 17.3 Å². The van der Waals surface area contributed by atoms with Crippen LogP contribution in [0, 0.1) is 0 Å². The van der Waals surface area contributed by atoms with E-state index in [0.717, 1.165) is 0 Å². The number of likely N-dealkylation sites (tertiary alicyclic amines) is 1. The van der Waals surface area contributed by atoms with Gasteiger partial charge in [0.15, 0.2) is 11.5 Å². The summed E-state index contributed by atoms with van der Waals surface area (Å²) in [4.78, 5) is 28.1. The Bertz CT molecular complexity index is 1370. The molecule has 1 aliphatic rings. The highest BCUT2D eigenvalue weighted by Crippen LogP contribution is 2.43. The van der Waals surface area contributed by atoms with Crippen molar-refractivity contribution in [2.45, 2.75) is 12.6 Å². The molecule has 0 spiro atoms. The van der Waals surface area contributed by atoms with E-state index in [1.807, 2.05) is 0 Å². The van der Waals surface area contributed by atoms with Crippen LogP contribution in [0.3, 0.4) is 0 Å². The van der Waals surface area contributed by atoms with Crippen LogP contribution in [0.1, 0.15) is 22.7 Å². The average molecular weight is 524 g/mol. The summed E-state index contributed by atoms with van der Waals surface area (Å²) in [6.07, 6.45) is 0. The molecule has 37 heavy (non-hydrogen) atoms. The molecule has 4 rings (SSSR count). The maximum absolute atomic E-state index is 13.4. The molecule has 1 amide bonds. The van der Waals surface area contributed by atoms with Gasteiger partial charge in [0.05, 0.1) is 45.6 Å². The smallest absolute Gasteiger partial charge is 0.295 e. The Balaban J connectivity index is 1.88. The van der Waals surface area contributed by atoms with E-state index in [1.54, 1.807) is 61.7 Å². The van der Waals surface area contributed by atoms with E-state index in [0.29, 0.717) is 39.1 Å². The van der Waals surface area contributed by atoms with Gasteiger partial charge in [-0.1, -0.05) is 29.8 Å². The lowest BCUT2D eigenvalue weighted by atomic mass is 9.94. The van der Waals surface area contributed by atoms with Gasteiger partial charge in [0, 0.05) is 11.6 Å². The highest BCUT2D eigenvalue weighted by Gasteiger charge is 2.46. The molecule has 8 nitrogen and oxygen atoms in total. The molecule has 0 saturated carbocycles. The molecule has 1 fully saturated rings. The molecule has 1 saturated heterocycles. The molecule has 1 atom stereocenters. The van der Waals surface area contributed by atoms with Crippen molar-refractivity contribution in [2.75, 3.05) is 28.4 Å². The minimum atomic E-state index is -0.886. The first-order valence-electron chi connectivity index (χ1n) is 11.3. The second-order valence-corrected chi connectivity index (χ2v) is 8.67. The fourth-order valence-electron chi connectivity index (χ4n) is 4.36. The van der Waals surface area contributed by atoms with Crippen molar-refractivity contribution in [3.63, 3.8) is 0 Å². The zero-order valence-electron chi connectivity index (χ0n) is 20.8. The van der Waals surface area contributed by atoms with Crippen molar-refractivity contribution in [1.82, 2.24) is 4.90 Å². The van der Waals surface area contributed by atoms with Crippen LogP contribution in [0.25, 0.3) is 5.76 Å². The highest BCUT2D eigenvalue weighted by atomic mass is 35.5. The molecule has 0 bridgehead atoms. The SMILES string of the molecule is COc1ccc(C2/C(=C(\O)c3cc(Cl)ccc3OC)C(=O)C(=O)N2Cc2ccc(OC)c(OC)c2)cc1. The third-order valence-electron chi connectivity index (χ3n) is 6.19. The first kappa shape index (κ1) is 25.9. The Kier molecular flexibility index (Phi) is 7.59. The molecule has 9 heteroatoms. The number of ketones is 1. The average Bonchev–Trinajstić information content (AvgIpc) is 3.17.